The zero-order valence-corrected chi connectivity index (χ0v) is 13.3. The van der Waals surface area contributed by atoms with Gasteiger partial charge in [0.25, 0.3) is 5.91 Å². The van der Waals surface area contributed by atoms with Crippen LogP contribution in [-0.2, 0) is 4.74 Å². The summed E-state index contributed by atoms with van der Waals surface area (Å²) in [6.07, 6.45) is 4.64. The SMILES string of the molecule is CN(C)c1nccnc1[C@H]1CN(C(=O)c2cncs2)CCO1. The summed E-state index contributed by atoms with van der Waals surface area (Å²) in [5.74, 6) is 0.755. The minimum absolute atomic E-state index is 0.00825. The third-order valence-corrected chi connectivity index (χ3v) is 4.19. The van der Waals surface area contributed by atoms with Gasteiger partial charge in [0.1, 0.15) is 16.7 Å². The molecule has 2 aromatic rings. The molecule has 22 heavy (non-hydrogen) atoms. The van der Waals surface area contributed by atoms with Gasteiger partial charge in [0.2, 0.25) is 0 Å². The molecule has 3 rings (SSSR count). The van der Waals surface area contributed by atoms with Crippen LogP contribution in [0.2, 0.25) is 0 Å². The van der Waals surface area contributed by atoms with E-state index in [1.165, 1.54) is 11.3 Å². The Morgan fingerprint density at radius 1 is 1.41 bits per heavy atom. The van der Waals surface area contributed by atoms with Gasteiger partial charge in [-0.05, 0) is 0 Å². The lowest BCUT2D eigenvalue weighted by Crippen LogP contribution is -2.42. The fourth-order valence-corrected chi connectivity index (χ4v) is 2.98. The van der Waals surface area contributed by atoms with E-state index in [1.54, 1.807) is 29.0 Å². The highest BCUT2D eigenvalue weighted by atomic mass is 32.1. The van der Waals surface area contributed by atoms with Crippen molar-refractivity contribution < 1.29 is 9.53 Å². The first kappa shape index (κ1) is 14.9. The van der Waals surface area contributed by atoms with E-state index in [9.17, 15) is 4.79 Å². The largest absolute Gasteiger partial charge is 0.368 e. The topological polar surface area (TPSA) is 71.5 Å². The minimum atomic E-state index is -0.267. The number of nitrogens with zero attached hydrogens (tertiary/aromatic N) is 5. The van der Waals surface area contributed by atoms with E-state index < -0.39 is 0 Å². The zero-order chi connectivity index (χ0) is 15.5. The smallest absolute Gasteiger partial charge is 0.265 e. The molecule has 0 radical (unpaired) electrons. The van der Waals surface area contributed by atoms with E-state index >= 15 is 0 Å². The van der Waals surface area contributed by atoms with Crippen molar-refractivity contribution in [1.82, 2.24) is 19.9 Å². The molecule has 1 fully saturated rings. The molecular weight excluding hydrogens is 302 g/mol. The summed E-state index contributed by atoms with van der Waals surface area (Å²) >= 11 is 1.35. The highest BCUT2D eigenvalue weighted by molar-refractivity contribution is 7.11. The van der Waals surface area contributed by atoms with E-state index in [0.29, 0.717) is 24.6 Å². The number of hydrogen-bond donors (Lipinski definition) is 0. The van der Waals surface area contributed by atoms with Crippen LogP contribution in [0, 0.1) is 0 Å². The number of morpholine rings is 1. The molecule has 0 N–H and O–H groups in total. The molecule has 1 atom stereocenters. The second kappa shape index (κ2) is 6.37. The summed E-state index contributed by atoms with van der Waals surface area (Å²) in [4.78, 5) is 29.5. The summed E-state index contributed by atoms with van der Waals surface area (Å²) in [5, 5.41) is 0. The van der Waals surface area contributed by atoms with Crippen LogP contribution in [0.3, 0.4) is 0 Å². The first-order chi connectivity index (χ1) is 10.7. The van der Waals surface area contributed by atoms with Crippen molar-refractivity contribution in [1.29, 1.82) is 0 Å². The average Bonchev–Trinajstić information content (AvgIpc) is 3.08. The van der Waals surface area contributed by atoms with E-state index in [0.717, 1.165) is 11.5 Å². The number of carbonyl (C=O) groups is 1. The van der Waals surface area contributed by atoms with Crippen molar-refractivity contribution >= 4 is 23.1 Å². The Morgan fingerprint density at radius 3 is 2.95 bits per heavy atom. The van der Waals surface area contributed by atoms with Crippen molar-refractivity contribution in [3.8, 4) is 0 Å². The standard InChI is InChI=1S/C14H17N5O2S/c1-18(2)13-12(16-3-4-17-13)10-8-19(5-6-21-10)14(20)11-7-15-9-22-11/h3-4,7,9-10H,5-6,8H2,1-2H3/t10-/m1/s1. The summed E-state index contributed by atoms with van der Waals surface area (Å²) in [6.45, 7) is 1.53. The molecule has 0 unspecified atom stereocenters. The van der Waals surface area contributed by atoms with Crippen LogP contribution in [0.5, 0.6) is 0 Å². The molecule has 0 aliphatic carbocycles. The van der Waals surface area contributed by atoms with Gasteiger partial charge in [0.15, 0.2) is 5.82 Å². The fourth-order valence-electron chi connectivity index (χ4n) is 2.39. The summed E-state index contributed by atoms with van der Waals surface area (Å²) in [7, 11) is 3.83. The number of aromatic nitrogens is 3. The second-order valence-corrected chi connectivity index (χ2v) is 6.02. The molecule has 1 saturated heterocycles. The summed E-state index contributed by atoms with van der Waals surface area (Å²) in [5.41, 5.74) is 2.42. The molecule has 1 amide bonds. The Morgan fingerprint density at radius 2 is 2.23 bits per heavy atom. The zero-order valence-electron chi connectivity index (χ0n) is 12.5. The van der Waals surface area contributed by atoms with Gasteiger partial charge in [-0.25, -0.2) is 4.98 Å². The molecule has 8 heteroatoms. The van der Waals surface area contributed by atoms with Crippen molar-refractivity contribution in [2.45, 2.75) is 6.10 Å². The number of amides is 1. The van der Waals surface area contributed by atoms with E-state index in [4.69, 9.17) is 4.74 Å². The Balaban J connectivity index is 1.80. The fraction of sp³-hybridized carbons (Fsp3) is 0.429. The van der Waals surface area contributed by atoms with Gasteiger partial charge in [0.05, 0.1) is 24.9 Å². The first-order valence-corrected chi connectivity index (χ1v) is 7.82. The quantitative estimate of drug-likeness (QED) is 0.847. The van der Waals surface area contributed by atoms with Crippen LogP contribution in [0.1, 0.15) is 21.5 Å². The molecule has 7 nitrogen and oxygen atoms in total. The first-order valence-electron chi connectivity index (χ1n) is 6.94. The van der Waals surface area contributed by atoms with Gasteiger partial charge in [-0.2, -0.15) is 0 Å². The molecule has 1 aliphatic rings. The predicted octanol–water partition coefficient (Wildman–Crippen LogP) is 1.21. The maximum atomic E-state index is 12.5. The number of rotatable bonds is 3. The Kier molecular flexibility index (Phi) is 4.30. The lowest BCUT2D eigenvalue weighted by Gasteiger charge is -2.33. The lowest BCUT2D eigenvalue weighted by atomic mass is 10.2. The van der Waals surface area contributed by atoms with Crippen LogP contribution in [0.25, 0.3) is 0 Å². The van der Waals surface area contributed by atoms with Crippen molar-refractivity contribution in [2.75, 3.05) is 38.7 Å². The third-order valence-electron chi connectivity index (χ3n) is 3.43. The molecular formula is C14H17N5O2S. The van der Waals surface area contributed by atoms with Crippen LogP contribution >= 0.6 is 11.3 Å². The highest BCUT2D eigenvalue weighted by Crippen LogP contribution is 2.27. The Labute approximate surface area is 132 Å². The van der Waals surface area contributed by atoms with Gasteiger partial charge in [-0.1, -0.05) is 0 Å². The molecule has 0 saturated carbocycles. The van der Waals surface area contributed by atoms with Gasteiger partial charge >= 0.3 is 0 Å². The normalized spacial score (nSPS) is 18.3. The van der Waals surface area contributed by atoms with Crippen LogP contribution in [-0.4, -0.2) is 59.6 Å². The van der Waals surface area contributed by atoms with Crippen LogP contribution < -0.4 is 4.90 Å². The number of hydrogen-bond acceptors (Lipinski definition) is 7. The molecule has 116 valence electrons. The lowest BCUT2D eigenvalue weighted by molar-refractivity contribution is -0.0244. The average molecular weight is 319 g/mol. The molecule has 2 aromatic heterocycles. The summed E-state index contributed by atoms with van der Waals surface area (Å²) in [6, 6.07) is 0. The number of anilines is 1. The van der Waals surface area contributed by atoms with Crippen LogP contribution in [0.4, 0.5) is 5.82 Å². The van der Waals surface area contributed by atoms with Gasteiger partial charge in [-0.15, -0.1) is 11.3 Å². The van der Waals surface area contributed by atoms with E-state index in [2.05, 4.69) is 15.0 Å². The van der Waals surface area contributed by atoms with E-state index in [1.807, 2.05) is 19.0 Å². The molecule has 1 aliphatic heterocycles. The number of carbonyl (C=O) groups excluding carboxylic acids is 1. The molecule has 0 aromatic carbocycles. The number of ether oxygens (including phenoxy) is 1. The van der Waals surface area contributed by atoms with Crippen molar-refractivity contribution in [2.24, 2.45) is 0 Å². The van der Waals surface area contributed by atoms with Gasteiger partial charge in [-0.3, -0.25) is 14.8 Å². The third kappa shape index (κ3) is 2.93. The Bertz CT molecular complexity index is 646. The predicted molar refractivity (Wildman–Crippen MR) is 83.1 cm³/mol. The molecule has 3 heterocycles. The second-order valence-electron chi connectivity index (χ2n) is 5.14. The van der Waals surface area contributed by atoms with Crippen molar-refractivity contribution in [3.63, 3.8) is 0 Å². The van der Waals surface area contributed by atoms with Crippen LogP contribution in [0.15, 0.2) is 24.1 Å². The van der Waals surface area contributed by atoms with Crippen molar-refractivity contribution in [3.05, 3.63) is 34.7 Å². The van der Waals surface area contributed by atoms with Gasteiger partial charge in [0, 0.05) is 33.0 Å². The molecule has 0 spiro atoms. The van der Waals surface area contributed by atoms with E-state index in [-0.39, 0.29) is 12.0 Å². The molecule has 0 bridgehead atoms. The number of thiazole rings is 1. The maximum Gasteiger partial charge on any atom is 0.265 e. The summed E-state index contributed by atoms with van der Waals surface area (Å²) < 4.78 is 5.82. The maximum absolute atomic E-state index is 12.5. The van der Waals surface area contributed by atoms with Gasteiger partial charge < -0.3 is 14.5 Å². The highest BCUT2D eigenvalue weighted by Gasteiger charge is 2.29. The Hall–Kier alpha value is -2.06. The monoisotopic (exact) mass is 319 g/mol. The minimum Gasteiger partial charge on any atom is -0.368 e.